The maximum Gasteiger partial charge on any atom is 0.410 e. The Bertz CT molecular complexity index is 611. The molecule has 0 N–H and O–H groups in total. The Balaban J connectivity index is 1.37. The van der Waals surface area contributed by atoms with Crippen LogP contribution < -0.4 is 4.74 Å². The second kappa shape index (κ2) is 8.51. The zero-order valence-electron chi connectivity index (χ0n) is 17.2. The number of hydrogen-bond donors (Lipinski definition) is 0. The largest absolute Gasteiger partial charge is 0.490 e. The van der Waals surface area contributed by atoms with E-state index in [1.165, 1.54) is 31.5 Å². The standard InChI is InChI=1S/C22H34N2O3/c1-22(2,3)27-21(25)23(4)15-18-13-20(14-18)26-19-9-7-17(8-10-19)16-24-11-5-6-12-24/h7-10,18,20H,5-6,11-16H2,1-4H3. The molecular weight excluding hydrogens is 340 g/mol. The first-order chi connectivity index (χ1) is 12.8. The summed E-state index contributed by atoms with van der Waals surface area (Å²) in [5, 5.41) is 0. The predicted octanol–water partition coefficient (Wildman–Crippen LogP) is 4.31. The number of hydrogen-bond acceptors (Lipinski definition) is 4. The number of rotatable bonds is 6. The zero-order valence-corrected chi connectivity index (χ0v) is 17.2. The number of benzene rings is 1. The molecule has 0 radical (unpaired) electrons. The Morgan fingerprint density at radius 1 is 1.15 bits per heavy atom. The van der Waals surface area contributed by atoms with Crippen molar-refractivity contribution in [2.45, 2.75) is 64.7 Å². The van der Waals surface area contributed by atoms with Gasteiger partial charge in [-0.3, -0.25) is 4.90 Å². The molecule has 0 aromatic heterocycles. The highest BCUT2D eigenvalue weighted by atomic mass is 16.6. The van der Waals surface area contributed by atoms with Crippen molar-refractivity contribution >= 4 is 6.09 Å². The van der Waals surface area contributed by atoms with E-state index in [1.54, 1.807) is 11.9 Å². The van der Waals surface area contributed by atoms with Gasteiger partial charge in [0.25, 0.3) is 0 Å². The molecule has 2 fully saturated rings. The number of carbonyl (C=O) groups is 1. The summed E-state index contributed by atoms with van der Waals surface area (Å²) in [6.45, 7) is 9.89. The monoisotopic (exact) mass is 374 g/mol. The first-order valence-corrected chi connectivity index (χ1v) is 10.2. The minimum atomic E-state index is -0.447. The first kappa shape index (κ1) is 20.0. The lowest BCUT2D eigenvalue weighted by Crippen LogP contribution is -2.43. The van der Waals surface area contributed by atoms with Crippen LogP contribution in [0.3, 0.4) is 0 Å². The maximum atomic E-state index is 12.0. The summed E-state index contributed by atoms with van der Waals surface area (Å²) in [4.78, 5) is 16.2. The van der Waals surface area contributed by atoms with Crippen LogP contribution in [0.25, 0.3) is 0 Å². The lowest BCUT2D eigenvalue weighted by molar-refractivity contribution is 0.0118. The van der Waals surface area contributed by atoms with Crippen molar-refractivity contribution in [1.82, 2.24) is 9.80 Å². The van der Waals surface area contributed by atoms with Gasteiger partial charge < -0.3 is 14.4 Å². The average molecular weight is 375 g/mol. The maximum absolute atomic E-state index is 12.0. The van der Waals surface area contributed by atoms with Crippen LogP contribution in [-0.2, 0) is 11.3 Å². The van der Waals surface area contributed by atoms with Crippen molar-refractivity contribution in [3.8, 4) is 5.75 Å². The Kier molecular flexibility index (Phi) is 6.30. The van der Waals surface area contributed by atoms with Crippen LogP contribution >= 0.6 is 0 Å². The second-order valence-electron chi connectivity index (χ2n) is 9.07. The number of nitrogens with zero attached hydrogens (tertiary/aromatic N) is 2. The molecule has 1 aromatic rings. The Hall–Kier alpha value is -1.75. The molecule has 5 heteroatoms. The fourth-order valence-electron chi connectivity index (χ4n) is 3.79. The Morgan fingerprint density at radius 2 is 1.78 bits per heavy atom. The number of carbonyl (C=O) groups excluding carboxylic acids is 1. The van der Waals surface area contributed by atoms with E-state index in [1.807, 2.05) is 20.8 Å². The summed E-state index contributed by atoms with van der Waals surface area (Å²) < 4.78 is 11.5. The van der Waals surface area contributed by atoms with Gasteiger partial charge in [-0.1, -0.05) is 12.1 Å². The minimum absolute atomic E-state index is 0.250. The fourth-order valence-corrected chi connectivity index (χ4v) is 3.79. The fraction of sp³-hybridized carbons (Fsp3) is 0.682. The van der Waals surface area contributed by atoms with Gasteiger partial charge in [-0.2, -0.15) is 0 Å². The van der Waals surface area contributed by atoms with Crippen LogP contribution in [0.1, 0.15) is 52.0 Å². The molecular formula is C22H34N2O3. The van der Waals surface area contributed by atoms with Gasteiger partial charge in [0.15, 0.2) is 0 Å². The summed E-state index contributed by atoms with van der Waals surface area (Å²) in [5.41, 5.74) is 0.909. The molecule has 1 saturated carbocycles. The van der Waals surface area contributed by atoms with Gasteiger partial charge in [0.05, 0.1) is 6.10 Å². The van der Waals surface area contributed by atoms with Crippen molar-refractivity contribution < 1.29 is 14.3 Å². The molecule has 27 heavy (non-hydrogen) atoms. The third kappa shape index (κ3) is 6.13. The molecule has 1 aliphatic heterocycles. The molecule has 150 valence electrons. The van der Waals surface area contributed by atoms with E-state index in [4.69, 9.17) is 9.47 Å². The number of likely N-dealkylation sites (tertiary alicyclic amines) is 1. The average Bonchev–Trinajstić information content (AvgIpc) is 3.05. The molecule has 0 spiro atoms. The predicted molar refractivity (Wildman–Crippen MR) is 107 cm³/mol. The van der Waals surface area contributed by atoms with E-state index in [-0.39, 0.29) is 12.2 Å². The molecule has 1 saturated heterocycles. The van der Waals surface area contributed by atoms with Crippen LogP contribution in [-0.4, -0.2) is 54.3 Å². The van der Waals surface area contributed by atoms with Crippen LogP contribution in [0.2, 0.25) is 0 Å². The second-order valence-corrected chi connectivity index (χ2v) is 9.07. The highest BCUT2D eigenvalue weighted by molar-refractivity contribution is 5.67. The summed E-state index contributed by atoms with van der Waals surface area (Å²) in [6.07, 6.45) is 4.64. The van der Waals surface area contributed by atoms with Gasteiger partial charge in [-0.25, -0.2) is 4.79 Å². The molecule has 1 heterocycles. The van der Waals surface area contributed by atoms with Crippen molar-refractivity contribution in [3.05, 3.63) is 29.8 Å². The summed E-state index contributed by atoms with van der Waals surface area (Å²) in [7, 11) is 1.81. The summed E-state index contributed by atoms with van der Waals surface area (Å²) in [5.74, 6) is 1.44. The topological polar surface area (TPSA) is 42.0 Å². The third-order valence-electron chi connectivity index (χ3n) is 5.26. The summed E-state index contributed by atoms with van der Waals surface area (Å²) in [6, 6.07) is 8.54. The van der Waals surface area contributed by atoms with Crippen molar-refractivity contribution in [2.75, 3.05) is 26.7 Å². The lowest BCUT2D eigenvalue weighted by atomic mass is 9.82. The molecule has 0 atom stereocenters. The Morgan fingerprint density at radius 3 is 2.37 bits per heavy atom. The molecule has 1 aliphatic carbocycles. The highest BCUT2D eigenvalue weighted by Gasteiger charge is 2.33. The van der Waals surface area contributed by atoms with E-state index in [0.29, 0.717) is 5.92 Å². The van der Waals surface area contributed by atoms with Gasteiger partial charge in [0.2, 0.25) is 0 Å². The van der Waals surface area contributed by atoms with Crippen molar-refractivity contribution in [2.24, 2.45) is 5.92 Å². The van der Waals surface area contributed by atoms with E-state index < -0.39 is 5.60 Å². The first-order valence-electron chi connectivity index (χ1n) is 10.2. The molecule has 3 rings (SSSR count). The molecule has 2 aliphatic rings. The molecule has 5 nitrogen and oxygen atoms in total. The third-order valence-corrected chi connectivity index (χ3v) is 5.26. The van der Waals surface area contributed by atoms with E-state index >= 15 is 0 Å². The number of ether oxygens (including phenoxy) is 2. The van der Waals surface area contributed by atoms with E-state index in [2.05, 4.69) is 29.2 Å². The van der Waals surface area contributed by atoms with Gasteiger partial charge in [-0.05, 0) is 83.2 Å². The smallest absolute Gasteiger partial charge is 0.410 e. The van der Waals surface area contributed by atoms with Crippen molar-refractivity contribution in [3.63, 3.8) is 0 Å². The molecule has 1 aromatic carbocycles. The van der Waals surface area contributed by atoms with E-state index in [0.717, 1.165) is 31.7 Å². The lowest BCUT2D eigenvalue weighted by Gasteiger charge is -2.37. The van der Waals surface area contributed by atoms with Crippen molar-refractivity contribution in [1.29, 1.82) is 0 Å². The molecule has 0 bridgehead atoms. The minimum Gasteiger partial charge on any atom is -0.490 e. The van der Waals surface area contributed by atoms with Crippen LogP contribution in [0.4, 0.5) is 4.79 Å². The summed E-state index contributed by atoms with van der Waals surface area (Å²) >= 11 is 0. The van der Waals surface area contributed by atoms with Crippen LogP contribution in [0.15, 0.2) is 24.3 Å². The van der Waals surface area contributed by atoms with E-state index in [9.17, 15) is 4.79 Å². The van der Waals surface area contributed by atoms with Gasteiger partial charge in [-0.15, -0.1) is 0 Å². The van der Waals surface area contributed by atoms with Crippen LogP contribution in [0.5, 0.6) is 5.75 Å². The normalized spacial score (nSPS) is 23.0. The quantitative estimate of drug-likeness (QED) is 0.744. The highest BCUT2D eigenvalue weighted by Crippen LogP contribution is 2.32. The van der Waals surface area contributed by atoms with Gasteiger partial charge in [0.1, 0.15) is 11.4 Å². The SMILES string of the molecule is CN(CC1CC(Oc2ccc(CN3CCCC3)cc2)C1)C(=O)OC(C)(C)C. The Labute approximate surface area is 163 Å². The molecule has 1 amide bonds. The number of amides is 1. The van der Waals surface area contributed by atoms with Crippen LogP contribution in [0, 0.1) is 5.92 Å². The zero-order chi connectivity index (χ0) is 19.4. The molecule has 0 unspecified atom stereocenters. The van der Waals surface area contributed by atoms with Gasteiger partial charge in [0, 0.05) is 20.1 Å². The van der Waals surface area contributed by atoms with Gasteiger partial charge >= 0.3 is 6.09 Å².